The third kappa shape index (κ3) is 3.10. The van der Waals surface area contributed by atoms with Crippen LogP contribution in [0.3, 0.4) is 0 Å². The Morgan fingerprint density at radius 3 is 1.91 bits per heavy atom. The van der Waals surface area contributed by atoms with E-state index in [-0.39, 0.29) is 21.7 Å². The molecule has 0 amide bonds. The molecule has 2 aromatic rings. The van der Waals surface area contributed by atoms with E-state index in [0.29, 0.717) is 0 Å². The van der Waals surface area contributed by atoms with Gasteiger partial charge in [-0.2, -0.15) is 0 Å². The minimum atomic E-state index is 0. The summed E-state index contributed by atoms with van der Waals surface area (Å²) >= 11 is 0. The smallest absolute Gasteiger partial charge is 0 e. The molecule has 0 fully saturated rings. The summed E-state index contributed by atoms with van der Waals surface area (Å²) in [4.78, 5) is 0. The van der Waals surface area contributed by atoms with Crippen LogP contribution < -0.4 is 0 Å². The molecule has 4 rings (SSSR count). The first-order valence-corrected chi connectivity index (χ1v) is 7.84. The van der Waals surface area contributed by atoms with Crippen LogP contribution in [0.2, 0.25) is 0 Å². The fraction of sp³-hybridized carbons (Fsp3) is 0.0909. The molecule has 110 valence electrons. The maximum absolute atomic E-state index is 2.26. The van der Waals surface area contributed by atoms with Crippen LogP contribution in [0.4, 0.5) is 0 Å². The standard InChI is InChI=1S/C22H18.Ti/c1-2-9-17(10-3-1)20-15-8-16-21(18-11-4-5-12-18)22(20)19-13-6-7-14-19;/h1-11,13,15-16H,12,14H2;. The van der Waals surface area contributed by atoms with Crippen LogP contribution in [-0.4, -0.2) is 0 Å². The first-order chi connectivity index (χ1) is 10.9. The normalized spacial score (nSPS) is 15.3. The Morgan fingerprint density at radius 2 is 1.26 bits per heavy atom. The van der Waals surface area contributed by atoms with E-state index < -0.39 is 0 Å². The Kier molecular flexibility index (Phi) is 4.95. The van der Waals surface area contributed by atoms with Crippen LogP contribution in [0.1, 0.15) is 24.0 Å². The summed E-state index contributed by atoms with van der Waals surface area (Å²) in [6.45, 7) is 0. The molecule has 0 saturated heterocycles. The summed E-state index contributed by atoms with van der Waals surface area (Å²) in [6.07, 6.45) is 15.4. The van der Waals surface area contributed by atoms with Gasteiger partial charge in [-0.05, 0) is 46.2 Å². The van der Waals surface area contributed by atoms with Crippen molar-refractivity contribution < 1.29 is 21.7 Å². The summed E-state index contributed by atoms with van der Waals surface area (Å²) in [5.41, 5.74) is 8.23. The molecule has 0 spiro atoms. The van der Waals surface area contributed by atoms with Crippen LogP contribution in [0.5, 0.6) is 0 Å². The van der Waals surface area contributed by atoms with Gasteiger partial charge in [-0.15, -0.1) is 0 Å². The van der Waals surface area contributed by atoms with E-state index in [4.69, 9.17) is 0 Å². The summed E-state index contributed by atoms with van der Waals surface area (Å²) in [7, 11) is 0. The van der Waals surface area contributed by atoms with Crippen LogP contribution in [0.25, 0.3) is 22.3 Å². The third-order valence-corrected chi connectivity index (χ3v) is 4.36. The predicted molar refractivity (Wildman–Crippen MR) is 95.3 cm³/mol. The van der Waals surface area contributed by atoms with E-state index in [1.165, 1.54) is 33.4 Å². The van der Waals surface area contributed by atoms with Gasteiger partial charge in [-0.3, -0.25) is 0 Å². The fourth-order valence-electron chi connectivity index (χ4n) is 3.30. The summed E-state index contributed by atoms with van der Waals surface area (Å²) in [5, 5.41) is 0. The largest absolute Gasteiger partial charge is 0.0801 e. The molecule has 0 heterocycles. The molecule has 23 heavy (non-hydrogen) atoms. The zero-order valence-corrected chi connectivity index (χ0v) is 14.6. The third-order valence-electron chi connectivity index (χ3n) is 4.36. The van der Waals surface area contributed by atoms with Crippen molar-refractivity contribution in [1.82, 2.24) is 0 Å². The van der Waals surface area contributed by atoms with Gasteiger partial charge in [0.1, 0.15) is 0 Å². The van der Waals surface area contributed by atoms with E-state index in [9.17, 15) is 0 Å². The second kappa shape index (κ2) is 7.13. The quantitative estimate of drug-likeness (QED) is 0.602. The van der Waals surface area contributed by atoms with Crippen molar-refractivity contribution in [2.45, 2.75) is 12.8 Å². The van der Waals surface area contributed by atoms with Gasteiger partial charge in [0.15, 0.2) is 0 Å². The van der Waals surface area contributed by atoms with E-state index >= 15 is 0 Å². The monoisotopic (exact) mass is 330 g/mol. The Morgan fingerprint density at radius 1 is 0.609 bits per heavy atom. The average Bonchev–Trinajstić information content (AvgIpc) is 3.28. The Labute approximate surface area is 152 Å². The molecule has 0 bridgehead atoms. The van der Waals surface area contributed by atoms with Gasteiger partial charge in [-0.25, -0.2) is 0 Å². The number of rotatable bonds is 3. The van der Waals surface area contributed by atoms with Gasteiger partial charge < -0.3 is 0 Å². The van der Waals surface area contributed by atoms with Gasteiger partial charge in [0, 0.05) is 21.7 Å². The van der Waals surface area contributed by atoms with Crippen molar-refractivity contribution in [3.05, 3.63) is 96.1 Å². The van der Waals surface area contributed by atoms with Gasteiger partial charge in [-0.1, -0.05) is 85.0 Å². The summed E-state index contributed by atoms with van der Waals surface area (Å²) < 4.78 is 0. The van der Waals surface area contributed by atoms with Crippen molar-refractivity contribution in [2.24, 2.45) is 0 Å². The molecule has 2 aromatic carbocycles. The summed E-state index contributed by atoms with van der Waals surface area (Å²) in [6, 6.07) is 17.4. The van der Waals surface area contributed by atoms with E-state index in [2.05, 4.69) is 85.0 Å². The van der Waals surface area contributed by atoms with Crippen molar-refractivity contribution in [2.75, 3.05) is 0 Å². The number of hydrogen-bond acceptors (Lipinski definition) is 0. The number of allylic oxidation sites excluding steroid dienone is 8. The Hall–Kier alpha value is -1.89. The molecular formula is C22H18Ti. The molecule has 0 aliphatic heterocycles. The van der Waals surface area contributed by atoms with Gasteiger partial charge >= 0.3 is 0 Å². The molecular weight excluding hydrogens is 312 g/mol. The van der Waals surface area contributed by atoms with Gasteiger partial charge in [0.2, 0.25) is 0 Å². The van der Waals surface area contributed by atoms with Crippen molar-refractivity contribution in [3.8, 4) is 11.1 Å². The molecule has 0 aromatic heterocycles. The van der Waals surface area contributed by atoms with Crippen molar-refractivity contribution >= 4 is 11.1 Å². The minimum Gasteiger partial charge on any atom is -0.0801 e. The summed E-state index contributed by atoms with van der Waals surface area (Å²) in [5.74, 6) is 0. The molecule has 0 nitrogen and oxygen atoms in total. The van der Waals surface area contributed by atoms with Crippen LogP contribution >= 0.6 is 0 Å². The fourth-order valence-corrected chi connectivity index (χ4v) is 3.30. The molecule has 0 atom stereocenters. The number of hydrogen-bond donors (Lipinski definition) is 0. The topological polar surface area (TPSA) is 0 Å². The zero-order valence-electron chi connectivity index (χ0n) is 13.0. The Bertz CT molecular complexity index is 820. The first-order valence-electron chi connectivity index (χ1n) is 7.84. The molecule has 2 aliphatic carbocycles. The molecule has 0 N–H and O–H groups in total. The van der Waals surface area contributed by atoms with Gasteiger partial charge in [0.25, 0.3) is 0 Å². The number of benzene rings is 2. The minimum absolute atomic E-state index is 0. The second-order valence-electron chi connectivity index (χ2n) is 5.74. The SMILES string of the molecule is C1=CCC(c2cccc(-c3ccccc3)c2C2=CC=CC2)=C1.[Ti]. The van der Waals surface area contributed by atoms with E-state index in [0.717, 1.165) is 12.8 Å². The van der Waals surface area contributed by atoms with Gasteiger partial charge in [0.05, 0.1) is 0 Å². The van der Waals surface area contributed by atoms with E-state index in [1.54, 1.807) is 0 Å². The van der Waals surface area contributed by atoms with E-state index in [1.807, 2.05) is 0 Å². The Balaban J connectivity index is 0.00000156. The maximum Gasteiger partial charge on any atom is 0 e. The molecule has 0 radical (unpaired) electrons. The van der Waals surface area contributed by atoms with Crippen LogP contribution in [-0.2, 0) is 21.7 Å². The van der Waals surface area contributed by atoms with Crippen LogP contribution in [0.15, 0.2) is 85.0 Å². The molecule has 0 unspecified atom stereocenters. The maximum atomic E-state index is 2.26. The second-order valence-corrected chi connectivity index (χ2v) is 5.74. The first kappa shape index (κ1) is 16.0. The van der Waals surface area contributed by atoms with Crippen LogP contribution in [0, 0.1) is 0 Å². The van der Waals surface area contributed by atoms with Crippen molar-refractivity contribution in [1.29, 1.82) is 0 Å². The predicted octanol–water partition coefficient (Wildman–Crippen LogP) is 6.04. The van der Waals surface area contributed by atoms with Crippen molar-refractivity contribution in [3.63, 3.8) is 0 Å². The molecule has 1 heteroatoms. The average molecular weight is 330 g/mol. The zero-order chi connectivity index (χ0) is 14.8. The molecule has 2 aliphatic rings. The molecule has 0 saturated carbocycles.